The van der Waals surface area contributed by atoms with Crippen molar-refractivity contribution in [3.63, 3.8) is 0 Å². The molecule has 0 radical (unpaired) electrons. The number of fused-ring (bicyclic) bond motifs is 1. The number of imidazole rings is 1. The van der Waals surface area contributed by atoms with E-state index >= 15 is 0 Å². The normalized spacial score (nSPS) is 11.1. The first kappa shape index (κ1) is 20.3. The fraction of sp³-hybridized carbons (Fsp3) is 0.286. The molecule has 3 N–H and O–H groups in total. The van der Waals surface area contributed by atoms with Crippen molar-refractivity contribution in [1.29, 1.82) is 0 Å². The molecule has 0 aliphatic carbocycles. The summed E-state index contributed by atoms with van der Waals surface area (Å²) in [4.78, 5) is 27.3. The largest absolute Gasteiger partial charge is 0.481 e. The predicted molar refractivity (Wildman–Crippen MR) is 110 cm³/mol. The van der Waals surface area contributed by atoms with E-state index in [0.717, 1.165) is 16.6 Å². The van der Waals surface area contributed by atoms with E-state index in [-0.39, 0.29) is 24.8 Å². The number of anilines is 1. The Balaban J connectivity index is 1.94. The van der Waals surface area contributed by atoms with Crippen molar-refractivity contribution in [2.75, 3.05) is 11.9 Å². The third-order valence-electron chi connectivity index (χ3n) is 4.54. The van der Waals surface area contributed by atoms with E-state index in [4.69, 9.17) is 5.11 Å². The molecule has 0 aliphatic heterocycles. The summed E-state index contributed by atoms with van der Waals surface area (Å²) in [5.74, 6) is -0.649. The van der Waals surface area contributed by atoms with Crippen LogP contribution in [0.4, 0.5) is 14.9 Å². The summed E-state index contributed by atoms with van der Waals surface area (Å²) in [5.41, 5.74) is 3.61. The predicted octanol–water partition coefficient (Wildman–Crippen LogP) is 4.33. The van der Waals surface area contributed by atoms with E-state index in [1.54, 1.807) is 6.07 Å². The number of nitrogens with one attached hydrogen (secondary N) is 2. The zero-order chi connectivity index (χ0) is 21.1. The van der Waals surface area contributed by atoms with Gasteiger partial charge in [0.15, 0.2) is 0 Å². The van der Waals surface area contributed by atoms with E-state index < -0.39 is 12.0 Å². The van der Waals surface area contributed by atoms with Crippen LogP contribution in [0.5, 0.6) is 0 Å². The van der Waals surface area contributed by atoms with Crippen molar-refractivity contribution < 1.29 is 19.1 Å². The lowest BCUT2D eigenvalue weighted by molar-refractivity contribution is -0.136. The van der Waals surface area contributed by atoms with Crippen LogP contribution in [0.1, 0.15) is 31.9 Å². The Bertz CT molecular complexity index is 1080. The number of nitrogens with zero attached hydrogens (tertiary/aromatic N) is 2. The standard InChI is InChI=1S/C21H23FN4O3/c1-12(2)26-18-7-6-15(22)11-17(18)24-20(26)14-5-4-13(3)16(10-14)25-21(29)23-9-8-19(27)28/h4-7,10-12H,8-9H2,1-3H3,(H,27,28)(H2,23,25,29). The molecule has 1 aromatic heterocycles. The van der Waals surface area contributed by atoms with Gasteiger partial charge < -0.3 is 20.3 Å². The Hall–Kier alpha value is -3.42. The Morgan fingerprint density at radius 1 is 1.21 bits per heavy atom. The molecule has 0 atom stereocenters. The van der Waals surface area contributed by atoms with Crippen LogP contribution >= 0.6 is 0 Å². The average Bonchev–Trinajstić information content (AvgIpc) is 3.01. The maximum absolute atomic E-state index is 13.7. The van der Waals surface area contributed by atoms with E-state index in [1.165, 1.54) is 12.1 Å². The van der Waals surface area contributed by atoms with Gasteiger partial charge in [-0.2, -0.15) is 0 Å². The summed E-state index contributed by atoms with van der Waals surface area (Å²) in [6, 6.07) is 9.72. The molecule has 2 aromatic carbocycles. The fourth-order valence-electron chi connectivity index (χ4n) is 3.14. The number of carbonyl (C=O) groups excluding carboxylic acids is 1. The second kappa shape index (κ2) is 8.30. The molecule has 0 bridgehead atoms. The molecule has 29 heavy (non-hydrogen) atoms. The lowest BCUT2D eigenvalue weighted by Gasteiger charge is -2.15. The highest BCUT2D eigenvalue weighted by Gasteiger charge is 2.17. The Morgan fingerprint density at radius 2 is 1.97 bits per heavy atom. The van der Waals surface area contributed by atoms with Gasteiger partial charge >= 0.3 is 12.0 Å². The van der Waals surface area contributed by atoms with Crippen LogP contribution in [0.15, 0.2) is 36.4 Å². The van der Waals surface area contributed by atoms with Gasteiger partial charge in [0.05, 0.1) is 17.5 Å². The molecule has 3 rings (SSSR count). The first-order chi connectivity index (χ1) is 13.8. The van der Waals surface area contributed by atoms with Crippen LogP contribution in [-0.4, -0.2) is 33.2 Å². The number of amides is 2. The number of aryl methyl sites for hydroxylation is 1. The molecule has 7 nitrogen and oxygen atoms in total. The second-order valence-corrected chi connectivity index (χ2v) is 7.09. The van der Waals surface area contributed by atoms with E-state index in [0.29, 0.717) is 17.0 Å². The number of aromatic nitrogens is 2. The van der Waals surface area contributed by atoms with E-state index in [2.05, 4.69) is 15.6 Å². The molecule has 1 heterocycles. The number of carbonyl (C=O) groups is 2. The summed E-state index contributed by atoms with van der Waals surface area (Å²) < 4.78 is 15.7. The number of carboxylic acids is 1. The van der Waals surface area contributed by atoms with Gasteiger partial charge in [0, 0.05) is 29.9 Å². The van der Waals surface area contributed by atoms with Crippen LogP contribution in [-0.2, 0) is 4.79 Å². The number of halogens is 1. The van der Waals surface area contributed by atoms with Gasteiger partial charge in [-0.25, -0.2) is 14.2 Å². The zero-order valence-corrected chi connectivity index (χ0v) is 16.5. The highest BCUT2D eigenvalue weighted by atomic mass is 19.1. The van der Waals surface area contributed by atoms with Gasteiger partial charge in [0.2, 0.25) is 0 Å². The van der Waals surface area contributed by atoms with Crippen molar-refractivity contribution >= 4 is 28.7 Å². The molecule has 0 unspecified atom stereocenters. The van der Waals surface area contributed by atoms with Crippen LogP contribution in [0.2, 0.25) is 0 Å². The van der Waals surface area contributed by atoms with Crippen molar-refractivity contribution in [2.24, 2.45) is 0 Å². The summed E-state index contributed by atoms with van der Waals surface area (Å²) in [5, 5.41) is 13.9. The van der Waals surface area contributed by atoms with Crippen molar-refractivity contribution in [3.05, 3.63) is 47.8 Å². The maximum atomic E-state index is 13.7. The minimum absolute atomic E-state index is 0.0363. The minimum Gasteiger partial charge on any atom is -0.481 e. The molecular weight excluding hydrogens is 375 g/mol. The first-order valence-electron chi connectivity index (χ1n) is 9.31. The third kappa shape index (κ3) is 4.53. The van der Waals surface area contributed by atoms with Gasteiger partial charge in [-0.05, 0) is 44.5 Å². The lowest BCUT2D eigenvalue weighted by Crippen LogP contribution is -2.30. The van der Waals surface area contributed by atoms with Gasteiger partial charge in [0.25, 0.3) is 0 Å². The highest BCUT2D eigenvalue weighted by Crippen LogP contribution is 2.31. The number of aliphatic carboxylic acids is 1. The summed E-state index contributed by atoms with van der Waals surface area (Å²) in [6.07, 6.45) is -0.151. The number of hydrogen-bond donors (Lipinski definition) is 3. The smallest absolute Gasteiger partial charge is 0.319 e. The molecule has 8 heteroatoms. The number of urea groups is 1. The van der Waals surface area contributed by atoms with Gasteiger partial charge in [-0.15, -0.1) is 0 Å². The number of hydrogen-bond acceptors (Lipinski definition) is 3. The molecule has 0 spiro atoms. The first-order valence-corrected chi connectivity index (χ1v) is 9.31. The Morgan fingerprint density at radius 3 is 2.66 bits per heavy atom. The summed E-state index contributed by atoms with van der Waals surface area (Å²) in [7, 11) is 0. The molecule has 0 aliphatic rings. The van der Waals surface area contributed by atoms with Crippen molar-refractivity contribution in [1.82, 2.24) is 14.9 Å². The molecular formula is C21H23FN4O3. The highest BCUT2D eigenvalue weighted by molar-refractivity contribution is 5.91. The number of carboxylic acid groups (broad SMARTS) is 1. The molecule has 3 aromatic rings. The van der Waals surface area contributed by atoms with Gasteiger partial charge in [-0.1, -0.05) is 12.1 Å². The molecule has 0 saturated carbocycles. The van der Waals surface area contributed by atoms with E-state index in [9.17, 15) is 14.0 Å². The Labute approximate surface area is 167 Å². The average molecular weight is 398 g/mol. The van der Waals surface area contributed by atoms with Crippen molar-refractivity contribution in [2.45, 2.75) is 33.2 Å². The molecule has 0 saturated heterocycles. The molecule has 2 amide bonds. The monoisotopic (exact) mass is 398 g/mol. The van der Waals surface area contributed by atoms with E-state index in [1.807, 2.05) is 43.5 Å². The van der Waals surface area contributed by atoms with Crippen molar-refractivity contribution in [3.8, 4) is 11.4 Å². The van der Waals surface area contributed by atoms with Crippen LogP contribution < -0.4 is 10.6 Å². The Kier molecular flexibility index (Phi) is 5.81. The topological polar surface area (TPSA) is 96.3 Å². The third-order valence-corrected chi connectivity index (χ3v) is 4.54. The summed E-state index contributed by atoms with van der Waals surface area (Å²) in [6.45, 7) is 5.94. The van der Waals surface area contributed by atoms with Gasteiger partial charge in [-0.3, -0.25) is 4.79 Å². The molecule has 152 valence electrons. The van der Waals surface area contributed by atoms with Crippen LogP contribution in [0, 0.1) is 12.7 Å². The summed E-state index contributed by atoms with van der Waals surface area (Å²) >= 11 is 0. The molecule has 0 fully saturated rings. The van der Waals surface area contributed by atoms with Gasteiger partial charge in [0.1, 0.15) is 11.6 Å². The zero-order valence-electron chi connectivity index (χ0n) is 16.5. The second-order valence-electron chi connectivity index (χ2n) is 7.09. The lowest BCUT2D eigenvalue weighted by atomic mass is 10.1. The SMILES string of the molecule is Cc1ccc(-c2nc3cc(F)ccc3n2C(C)C)cc1NC(=O)NCCC(=O)O. The number of rotatable bonds is 6. The quantitative estimate of drug-likeness (QED) is 0.576. The van der Waals surface area contributed by atoms with Crippen LogP contribution in [0.25, 0.3) is 22.4 Å². The fourth-order valence-corrected chi connectivity index (χ4v) is 3.14. The number of benzene rings is 2. The maximum Gasteiger partial charge on any atom is 0.319 e. The minimum atomic E-state index is -0.979. The van der Waals surface area contributed by atoms with Crippen LogP contribution in [0.3, 0.4) is 0 Å².